The summed E-state index contributed by atoms with van der Waals surface area (Å²) in [6.07, 6.45) is 3.25. The molecule has 6 aliphatic rings. The van der Waals surface area contributed by atoms with E-state index in [9.17, 15) is 5.11 Å². The van der Waals surface area contributed by atoms with E-state index in [1.807, 2.05) is 24.3 Å². The largest absolute Gasteiger partial charge is 0.504 e. The first kappa shape index (κ1) is 29.3. The molecule has 6 aliphatic heterocycles. The average Bonchev–Trinajstić information content (AvgIpc) is 3.05. The molecule has 0 aromatic heterocycles. The van der Waals surface area contributed by atoms with Gasteiger partial charge in [0.05, 0.1) is 21.3 Å². The first-order valence-corrected chi connectivity index (χ1v) is 15.5. The Labute approximate surface area is 264 Å². The van der Waals surface area contributed by atoms with Crippen LogP contribution in [0, 0.1) is 0 Å². The summed E-state index contributed by atoms with van der Waals surface area (Å²) in [7, 11) is 9.33. The lowest BCUT2D eigenvalue weighted by atomic mass is 9.87. The summed E-state index contributed by atoms with van der Waals surface area (Å²) in [5.41, 5.74) is 6.94. The van der Waals surface area contributed by atoms with Crippen molar-refractivity contribution in [2.24, 2.45) is 0 Å². The summed E-state index contributed by atoms with van der Waals surface area (Å²) in [6, 6.07) is 20.3. The van der Waals surface area contributed by atoms with Crippen LogP contribution in [0.5, 0.6) is 46.0 Å². The summed E-state index contributed by atoms with van der Waals surface area (Å²) in [6.45, 7) is 1.81. The molecule has 1 N–H and O–H groups in total. The van der Waals surface area contributed by atoms with Crippen LogP contribution in [0.15, 0.2) is 60.7 Å². The summed E-state index contributed by atoms with van der Waals surface area (Å²) in [4.78, 5) is 4.75. The van der Waals surface area contributed by atoms with E-state index in [1.165, 1.54) is 16.7 Å². The number of nitrogens with zero attached hydrogens (tertiary/aromatic N) is 2. The number of likely N-dealkylation sites (N-methyl/N-ethyl adjacent to an activating group) is 2. The number of phenols is 1. The summed E-state index contributed by atoms with van der Waals surface area (Å²) < 4.78 is 31.0. The molecule has 0 radical (unpaired) electrons. The van der Waals surface area contributed by atoms with Gasteiger partial charge in [-0.2, -0.15) is 0 Å². The molecular formula is C37H40N2O6. The highest BCUT2D eigenvalue weighted by molar-refractivity contribution is 5.63. The predicted molar refractivity (Wildman–Crippen MR) is 173 cm³/mol. The van der Waals surface area contributed by atoms with E-state index in [-0.39, 0.29) is 17.8 Å². The highest BCUT2D eigenvalue weighted by Gasteiger charge is 2.34. The van der Waals surface area contributed by atoms with Crippen molar-refractivity contribution >= 4 is 0 Å². The lowest BCUT2D eigenvalue weighted by Gasteiger charge is -2.37. The van der Waals surface area contributed by atoms with Crippen LogP contribution in [0.4, 0.5) is 0 Å². The maximum absolute atomic E-state index is 10.7. The quantitative estimate of drug-likeness (QED) is 0.271. The number of aromatic hydroxyl groups is 1. The Bertz CT molecular complexity index is 1740. The van der Waals surface area contributed by atoms with Crippen LogP contribution in [-0.2, 0) is 25.7 Å². The highest BCUT2D eigenvalue weighted by Crippen LogP contribution is 2.52. The molecule has 4 aromatic carbocycles. The Morgan fingerprint density at radius 3 is 2.11 bits per heavy atom. The fourth-order valence-electron chi connectivity index (χ4n) is 7.11. The van der Waals surface area contributed by atoms with Crippen molar-refractivity contribution in [1.29, 1.82) is 0 Å². The Morgan fingerprint density at radius 1 is 0.689 bits per heavy atom. The number of hydrogen-bond acceptors (Lipinski definition) is 8. The standard InChI is InChI=1S/C37H40N2O6/c1-38-14-12-24-19-33-32(41-3)21-27(24)28(38)16-22-6-9-26(10-7-22)44-31-18-23(8-11-30(31)40)17-29-35-25(13-15-39(29)2)20-34(42-4)36(43-5)37(35)45-33/h6-11,18-21,28-29,40H,12-17H2,1-5H3/t28-,29+/m0/s1. The van der Waals surface area contributed by atoms with Gasteiger partial charge in [0, 0.05) is 30.7 Å². The van der Waals surface area contributed by atoms with Crippen molar-refractivity contribution < 1.29 is 28.8 Å². The fraction of sp³-hybridized carbons (Fsp3) is 0.351. The minimum Gasteiger partial charge on any atom is -0.504 e. The molecular weight excluding hydrogens is 568 g/mol. The predicted octanol–water partition coefficient (Wildman–Crippen LogP) is 6.86. The van der Waals surface area contributed by atoms with Crippen molar-refractivity contribution in [3.8, 4) is 46.0 Å². The SMILES string of the molecule is COc1cc2c3cc1Oc1c(OC)c(OC)cc4c1[C@@H](Cc1ccc(O)c(c1)Oc1ccc(cc1)C[C@@H]2N(C)CC3)N(C)CC4. The molecule has 0 spiro atoms. The van der Waals surface area contributed by atoms with Gasteiger partial charge in [0.25, 0.3) is 0 Å². The molecule has 0 saturated carbocycles. The molecule has 234 valence electrons. The zero-order valence-electron chi connectivity index (χ0n) is 26.6. The second kappa shape index (κ2) is 11.8. The number of methoxy groups -OCH3 is 3. The van der Waals surface area contributed by atoms with Crippen LogP contribution < -0.4 is 23.7 Å². The number of ether oxygens (including phenoxy) is 5. The van der Waals surface area contributed by atoms with E-state index in [4.69, 9.17) is 23.7 Å². The zero-order valence-corrected chi connectivity index (χ0v) is 26.6. The number of hydrogen-bond donors (Lipinski definition) is 1. The Balaban J connectivity index is 1.46. The average molecular weight is 609 g/mol. The van der Waals surface area contributed by atoms with Crippen molar-refractivity contribution in [1.82, 2.24) is 9.80 Å². The topological polar surface area (TPSA) is 72.9 Å². The number of benzene rings is 4. The maximum Gasteiger partial charge on any atom is 0.204 e. The van der Waals surface area contributed by atoms with Gasteiger partial charge in [-0.1, -0.05) is 18.2 Å². The molecule has 0 fully saturated rings. The van der Waals surface area contributed by atoms with Gasteiger partial charge in [-0.05, 0) is 110 Å². The molecule has 8 nitrogen and oxygen atoms in total. The molecule has 8 heteroatoms. The highest BCUT2D eigenvalue weighted by atomic mass is 16.5. The van der Waals surface area contributed by atoms with Crippen LogP contribution in [0.1, 0.15) is 45.5 Å². The third kappa shape index (κ3) is 5.32. The van der Waals surface area contributed by atoms with Crippen molar-refractivity contribution in [2.75, 3.05) is 48.5 Å². The second-order valence-electron chi connectivity index (χ2n) is 12.3. The molecule has 10 rings (SSSR count). The van der Waals surface area contributed by atoms with Crippen LogP contribution in [0.2, 0.25) is 0 Å². The van der Waals surface area contributed by atoms with Gasteiger partial charge in [0.15, 0.2) is 34.5 Å². The molecule has 0 saturated heterocycles. The summed E-state index contributed by atoms with van der Waals surface area (Å²) >= 11 is 0. The summed E-state index contributed by atoms with van der Waals surface area (Å²) in [5.74, 6) is 4.37. The fourth-order valence-corrected chi connectivity index (χ4v) is 7.11. The van der Waals surface area contributed by atoms with Gasteiger partial charge in [-0.3, -0.25) is 9.80 Å². The minimum absolute atomic E-state index is 0.0380. The molecule has 0 amide bonds. The lowest BCUT2D eigenvalue weighted by Crippen LogP contribution is -2.34. The second-order valence-corrected chi connectivity index (χ2v) is 12.3. The van der Waals surface area contributed by atoms with Gasteiger partial charge in [0.1, 0.15) is 5.75 Å². The van der Waals surface area contributed by atoms with Gasteiger partial charge < -0.3 is 28.8 Å². The Hall–Kier alpha value is -4.40. The zero-order chi connectivity index (χ0) is 31.2. The molecule has 8 bridgehead atoms. The van der Waals surface area contributed by atoms with Gasteiger partial charge in [-0.15, -0.1) is 0 Å². The summed E-state index contributed by atoms with van der Waals surface area (Å²) in [5, 5.41) is 10.7. The first-order valence-electron chi connectivity index (χ1n) is 15.5. The van der Waals surface area contributed by atoms with Crippen LogP contribution in [-0.4, -0.2) is 63.4 Å². The maximum atomic E-state index is 10.7. The molecule has 0 unspecified atom stereocenters. The van der Waals surface area contributed by atoms with Crippen molar-refractivity contribution in [3.63, 3.8) is 0 Å². The van der Waals surface area contributed by atoms with E-state index >= 15 is 0 Å². The molecule has 6 heterocycles. The van der Waals surface area contributed by atoms with Crippen LogP contribution in [0.3, 0.4) is 0 Å². The van der Waals surface area contributed by atoms with E-state index < -0.39 is 0 Å². The number of phenolic OH excluding ortho intramolecular Hbond substituents is 1. The molecule has 2 atom stereocenters. The van der Waals surface area contributed by atoms with E-state index in [2.05, 4.69) is 54.2 Å². The lowest BCUT2D eigenvalue weighted by molar-refractivity contribution is 0.220. The molecule has 0 aliphatic carbocycles. The van der Waals surface area contributed by atoms with Crippen molar-refractivity contribution in [2.45, 2.75) is 37.8 Å². The van der Waals surface area contributed by atoms with E-state index in [1.54, 1.807) is 27.4 Å². The van der Waals surface area contributed by atoms with Crippen LogP contribution >= 0.6 is 0 Å². The molecule has 45 heavy (non-hydrogen) atoms. The normalized spacial score (nSPS) is 19.4. The number of rotatable bonds is 3. The van der Waals surface area contributed by atoms with Gasteiger partial charge >= 0.3 is 0 Å². The van der Waals surface area contributed by atoms with Crippen LogP contribution in [0.25, 0.3) is 0 Å². The Kier molecular flexibility index (Phi) is 7.71. The smallest absolute Gasteiger partial charge is 0.204 e. The van der Waals surface area contributed by atoms with Gasteiger partial charge in [0.2, 0.25) is 5.75 Å². The molecule has 4 aromatic rings. The van der Waals surface area contributed by atoms with E-state index in [0.29, 0.717) is 46.7 Å². The van der Waals surface area contributed by atoms with E-state index in [0.717, 1.165) is 49.0 Å². The van der Waals surface area contributed by atoms with Gasteiger partial charge in [-0.25, -0.2) is 0 Å². The Morgan fingerprint density at radius 2 is 1.38 bits per heavy atom. The van der Waals surface area contributed by atoms with Crippen molar-refractivity contribution in [3.05, 3.63) is 94.0 Å². The third-order valence-electron chi connectivity index (χ3n) is 9.64. The third-order valence-corrected chi connectivity index (χ3v) is 9.64. The minimum atomic E-state index is -0.0380. The monoisotopic (exact) mass is 608 g/mol. The first-order chi connectivity index (χ1) is 21.9.